The second-order valence-corrected chi connectivity index (χ2v) is 3.57. The highest BCUT2D eigenvalue weighted by Gasteiger charge is 2.40. The van der Waals surface area contributed by atoms with Crippen LogP contribution in [0, 0.1) is 11.3 Å². The van der Waals surface area contributed by atoms with Crippen molar-refractivity contribution in [1.82, 2.24) is 5.32 Å². The van der Waals surface area contributed by atoms with Crippen molar-refractivity contribution in [1.29, 1.82) is 0 Å². The number of carbonyl (C=O) groups excluding carboxylic acids is 1. The van der Waals surface area contributed by atoms with Crippen LogP contribution < -0.4 is 5.32 Å². The van der Waals surface area contributed by atoms with Crippen LogP contribution in [0.5, 0.6) is 0 Å². The topological polar surface area (TPSA) is 38.3 Å². The van der Waals surface area contributed by atoms with E-state index in [9.17, 15) is 4.79 Å². The Morgan fingerprint density at radius 2 is 2.09 bits per heavy atom. The van der Waals surface area contributed by atoms with Gasteiger partial charge in [0.15, 0.2) is 0 Å². The Kier molecular flexibility index (Phi) is 2.18. The molecule has 0 aliphatic carbocycles. The molecule has 1 rings (SSSR count). The fraction of sp³-hybridized carbons (Fsp3) is 0.875. The Labute approximate surface area is 67.1 Å². The maximum absolute atomic E-state index is 11.2. The zero-order valence-electron chi connectivity index (χ0n) is 7.31. The van der Waals surface area contributed by atoms with E-state index in [2.05, 4.69) is 5.32 Å². The molecule has 0 bridgehead atoms. The van der Waals surface area contributed by atoms with Crippen molar-refractivity contribution in [3.05, 3.63) is 0 Å². The number of hydrogen-bond donors (Lipinski definition) is 1. The number of nitrogens with one attached hydrogen (secondary N) is 1. The van der Waals surface area contributed by atoms with Crippen molar-refractivity contribution >= 4 is 5.97 Å². The van der Waals surface area contributed by atoms with Crippen molar-refractivity contribution in [3.63, 3.8) is 0 Å². The summed E-state index contributed by atoms with van der Waals surface area (Å²) in [6.07, 6.45) is 0. The summed E-state index contributed by atoms with van der Waals surface area (Å²) in [5, 5.41) is 3.14. The second kappa shape index (κ2) is 2.81. The fourth-order valence-corrected chi connectivity index (χ4v) is 1.23. The average Bonchev–Trinajstić information content (AvgIpc) is 1.81. The molecule has 0 unspecified atom stereocenters. The van der Waals surface area contributed by atoms with Crippen molar-refractivity contribution < 1.29 is 9.53 Å². The molecular weight excluding hydrogens is 142 g/mol. The van der Waals surface area contributed by atoms with Gasteiger partial charge in [-0.3, -0.25) is 4.79 Å². The summed E-state index contributed by atoms with van der Waals surface area (Å²) >= 11 is 0. The third kappa shape index (κ3) is 1.38. The molecule has 1 fully saturated rings. The van der Waals surface area contributed by atoms with E-state index in [4.69, 9.17) is 4.74 Å². The van der Waals surface area contributed by atoms with Gasteiger partial charge in [-0.15, -0.1) is 0 Å². The van der Waals surface area contributed by atoms with Gasteiger partial charge >= 0.3 is 5.97 Å². The Hall–Kier alpha value is -0.570. The van der Waals surface area contributed by atoms with Gasteiger partial charge in [0.1, 0.15) is 0 Å². The van der Waals surface area contributed by atoms with E-state index in [-0.39, 0.29) is 11.4 Å². The number of methoxy groups -OCH3 is 1. The molecule has 1 N–H and O–H groups in total. The Balaban J connectivity index is 2.56. The van der Waals surface area contributed by atoms with Gasteiger partial charge in [-0.1, -0.05) is 0 Å². The zero-order chi connectivity index (χ0) is 8.48. The van der Waals surface area contributed by atoms with Crippen LogP contribution in [-0.4, -0.2) is 26.2 Å². The lowest BCUT2D eigenvalue weighted by Crippen LogP contribution is -2.52. The summed E-state index contributed by atoms with van der Waals surface area (Å²) < 4.78 is 4.71. The summed E-state index contributed by atoms with van der Waals surface area (Å²) in [4.78, 5) is 11.2. The largest absolute Gasteiger partial charge is 0.469 e. The molecular formula is C8H15NO2. The van der Waals surface area contributed by atoms with E-state index in [1.807, 2.05) is 13.8 Å². The third-order valence-electron chi connectivity index (χ3n) is 2.51. The van der Waals surface area contributed by atoms with Gasteiger partial charge in [0, 0.05) is 13.1 Å². The van der Waals surface area contributed by atoms with Gasteiger partial charge in [-0.25, -0.2) is 0 Å². The molecule has 0 amide bonds. The summed E-state index contributed by atoms with van der Waals surface area (Å²) in [7, 11) is 1.44. The van der Waals surface area contributed by atoms with Crippen molar-refractivity contribution in [2.75, 3.05) is 20.2 Å². The summed E-state index contributed by atoms with van der Waals surface area (Å²) in [6.45, 7) is 5.74. The number of esters is 1. The number of carbonyl (C=O) groups is 1. The first-order valence-electron chi connectivity index (χ1n) is 3.88. The minimum absolute atomic E-state index is 0.107. The number of ether oxygens (including phenoxy) is 1. The number of rotatable bonds is 2. The zero-order valence-corrected chi connectivity index (χ0v) is 7.31. The molecule has 0 aromatic heterocycles. The molecule has 3 heteroatoms. The van der Waals surface area contributed by atoms with Crippen LogP contribution in [0.25, 0.3) is 0 Å². The lowest BCUT2D eigenvalue weighted by Gasteiger charge is -2.38. The quantitative estimate of drug-likeness (QED) is 0.590. The first-order chi connectivity index (χ1) is 5.09. The van der Waals surface area contributed by atoms with Gasteiger partial charge in [-0.2, -0.15) is 0 Å². The molecule has 64 valence electrons. The highest BCUT2D eigenvalue weighted by Crippen LogP contribution is 2.30. The SMILES string of the molecule is COC(=O)C(C)(C)C1CNC1. The lowest BCUT2D eigenvalue weighted by atomic mass is 9.75. The second-order valence-electron chi connectivity index (χ2n) is 3.57. The van der Waals surface area contributed by atoms with Crippen LogP contribution in [0.2, 0.25) is 0 Å². The van der Waals surface area contributed by atoms with E-state index in [1.54, 1.807) is 0 Å². The summed E-state index contributed by atoms with van der Waals surface area (Å²) in [6, 6.07) is 0. The molecule has 0 spiro atoms. The average molecular weight is 157 g/mol. The first kappa shape index (κ1) is 8.53. The minimum atomic E-state index is -0.319. The maximum Gasteiger partial charge on any atom is 0.311 e. The highest BCUT2D eigenvalue weighted by atomic mass is 16.5. The minimum Gasteiger partial charge on any atom is -0.469 e. The molecule has 1 saturated heterocycles. The van der Waals surface area contributed by atoms with E-state index < -0.39 is 0 Å². The van der Waals surface area contributed by atoms with Crippen molar-refractivity contribution in [3.8, 4) is 0 Å². The van der Waals surface area contributed by atoms with E-state index in [0.717, 1.165) is 13.1 Å². The maximum atomic E-state index is 11.2. The van der Waals surface area contributed by atoms with Crippen molar-refractivity contribution in [2.24, 2.45) is 11.3 Å². The predicted octanol–water partition coefficient (Wildman–Crippen LogP) is 0.405. The Bertz CT molecular complexity index is 161. The van der Waals surface area contributed by atoms with Crippen LogP contribution in [-0.2, 0) is 9.53 Å². The van der Waals surface area contributed by atoms with Crippen LogP contribution in [0.4, 0.5) is 0 Å². The van der Waals surface area contributed by atoms with E-state index in [0.29, 0.717) is 5.92 Å². The Morgan fingerprint density at radius 1 is 1.55 bits per heavy atom. The third-order valence-corrected chi connectivity index (χ3v) is 2.51. The van der Waals surface area contributed by atoms with E-state index in [1.165, 1.54) is 7.11 Å². The van der Waals surface area contributed by atoms with Gasteiger partial charge in [0.05, 0.1) is 12.5 Å². The summed E-state index contributed by atoms with van der Waals surface area (Å²) in [5.74, 6) is 0.332. The molecule has 0 aromatic carbocycles. The normalized spacial score (nSPS) is 19.2. The Morgan fingerprint density at radius 3 is 2.36 bits per heavy atom. The van der Waals surface area contributed by atoms with Crippen LogP contribution in [0.1, 0.15) is 13.8 Å². The van der Waals surface area contributed by atoms with Gasteiger partial charge in [0.25, 0.3) is 0 Å². The van der Waals surface area contributed by atoms with Gasteiger partial charge in [0.2, 0.25) is 0 Å². The summed E-state index contributed by atoms with van der Waals surface area (Å²) in [5.41, 5.74) is -0.319. The molecule has 11 heavy (non-hydrogen) atoms. The molecule has 1 heterocycles. The monoisotopic (exact) mass is 157 g/mol. The predicted molar refractivity (Wildman–Crippen MR) is 42.2 cm³/mol. The highest BCUT2D eigenvalue weighted by molar-refractivity contribution is 5.76. The van der Waals surface area contributed by atoms with Crippen LogP contribution in [0.3, 0.4) is 0 Å². The van der Waals surface area contributed by atoms with Crippen LogP contribution >= 0.6 is 0 Å². The fourth-order valence-electron chi connectivity index (χ4n) is 1.23. The first-order valence-corrected chi connectivity index (χ1v) is 3.88. The molecule has 1 aliphatic heterocycles. The lowest BCUT2D eigenvalue weighted by molar-refractivity contribution is -0.155. The smallest absolute Gasteiger partial charge is 0.311 e. The number of hydrogen-bond acceptors (Lipinski definition) is 3. The van der Waals surface area contributed by atoms with Gasteiger partial charge in [-0.05, 0) is 19.8 Å². The molecule has 1 aliphatic rings. The molecule has 3 nitrogen and oxygen atoms in total. The van der Waals surface area contributed by atoms with Crippen LogP contribution in [0.15, 0.2) is 0 Å². The molecule has 0 saturated carbocycles. The molecule has 0 radical (unpaired) electrons. The van der Waals surface area contributed by atoms with Gasteiger partial charge < -0.3 is 10.1 Å². The van der Waals surface area contributed by atoms with Crippen molar-refractivity contribution in [2.45, 2.75) is 13.8 Å². The molecule has 0 atom stereocenters. The standard InChI is InChI=1S/C8H15NO2/c1-8(2,7(10)11-3)6-4-9-5-6/h6,9H,4-5H2,1-3H3. The molecule has 0 aromatic rings. The van der Waals surface area contributed by atoms with E-state index >= 15 is 0 Å².